The molecule has 6 atom stereocenters. The molecule has 7 N–H and O–H groups in total. The quantitative estimate of drug-likeness (QED) is 0.175. The van der Waals surface area contributed by atoms with Gasteiger partial charge in [-0.15, -0.1) is 0 Å². The maximum atomic E-state index is 12.0. The highest BCUT2D eigenvalue weighted by molar-refractivity contribution is 7.61. The van der Waals surface area contributed by atoms with E-state index >= 15 is 0 Å². The molecule has 0 radical (unpaired) electrons. The molecule has 2 aliphatic rings. The van der Waals surface area contributed by atoms with Gasteiger partial charge in [0.25, 0.3) is 0 Å². The van der Waals surface area contributed by atoms with E-state index in [-0.39, 0.29) is 12.4 Å². The number of rotatable bonds is 8. The molecule has 0 aromatic carbocycles. The second-order valence-corrected chi connectivity index (χ2v) is 10.2. The number of anilines is 1. The van der Waals surface area contributed by atoms with Gasteiger partial charge in [-0.1, -0.05) is 0 Å². The smallest absolute Gasteiger partial charge is 0.388 e. The molecule has 16 nitrogen and oxygen atoms in total. The van der Waals surface area contributed by atoms with Gasteiger partial charge < -0.3 is 35.6 Å². The van der Waals surface area contributed by atoms with Crippen LogP contribution in [0.3, 0.4) is 0 Å². The van der Waals surface area contributed by atoms with Gasteiger partial charge in [0.2, 0.25) is 0 Å². The first-order valence-electron chi connectivity index (χ1n) is 7.72. The Morgan fingerprint density at radius 3 is 2.62 bits per heavy atom. The Balaban J connectivity index is 1.66. The molecule has 1 aromatic heterocycles. The second-order valence-electron chi connectivity index (χ2n) is 6.10. The minimum absolute atomic E-state index is 0.0198. The number of nitrogens with two attached hydrogens (primary N) is 1. The third kappa shape index (κ3) is 5.20. The summed E-state index contributed by atoms with van der Waals surface area (Å²) < 4.78 is 52.4. The number of hydrogen-bond acceptors (Lipinski definition) is 12. The molecule has 3 heterocycles. The van der Waals surface area contributed by atoms with Crippen LogP contribution < -0.4 is 16.7 Å². The second kappa shape index (κ2) is 7.93. The Morgan fingerprint density at radius 1 is 1.41 bits per heavy atom. The summed E-state index contributed by atoms with van der Waals surface area (Å²) in [6.45, 7) is -0.500. The van der Waals surface area contributed by atoms with Crippen LogP contribution in [0.4, 0.5) is 5.82 Å². The minimum atomic E-state index is -5.22. The Morgan fingerprint density at radius 2 is 2.07 bits per heavy atom. The maximum Gasteiger partial charge on any atom is 0.479 e. The van der Waals surface area contributed by atoms with Gasteiger partial charge in [-0.25, -0.2) is 22.5 Å². The van der Waals surface area contributed by atoms with Gasteiger partial charge >= 0.3 is 29.6 Å². The van der Waals surface area contributed by atoms with E-state index in [2.05, 4.69) is 23.4 Å². The van der Waals surface area contributed by atoms with E-state index in [1.807, 2.05) is 0 Å². The third-order valence-electron chi connectivity index (χ3n) is 4.10. The van der Waals surface area contributed by atoms with Crippen molar-refractivity contribution in [3.05, 3.63) is 22.7 Å². The zero-order chi connectivity index (χ0) is 21.6. The summed E-state index contributed by atoms with van der Waals surface area (Å²) in [4.78, 5) is 42.1. The Bertz CT molecular complexity index is 959. The van der Waals surface area contributed by atoms with E-state index in [0.717, 1.165) is 4.57 Å². The van der Waals surface area contributed by atoms with Gasteiger partial charge in [-0.05, 0) is 6.07 Å². The van der Waals surface area contributed by atoms with Crippen molar-refractivity contribution in [2.24, 2.45) is 0 Å². The number of ether oxygens (including phenoxy) is 1. The monoisotopic (exact) mass is 478 g/mol. The third-order valence-corrected chi connectivity index (χ3v) is 7.64. The molecule has 2 fully saturated rings. The lowest BCUT2D eigenvalue weighted by Gasteiger charge is -2.19. The van der Waals surface area contributed by atoms with Crippen molar-refractivity contribution in [2.45, 2.75) is 24.0 Å². The molecular formula is C10H17N4O12P3. The van der Waals surface area contributed by atoms with Crippen molar-refractivity contribution in [3.8, 4) is 0 Å². The largest absolute Gasteiger partial charge is 0.479 e. The predicted octanol–water partition coefficient (Wildman–Crippen LogP) is -1.94. The van der Waals surface area contributed by atoms with Crippen LogP contribution in [0.15, 0.2) is 17.1 Å². The van der Waals surface area contributed by atoms with E-state index in [1.165, 1.54) is 12.3 Å². The summed E-state index contributed by atoms with van der Waals surface area (Å²) in [7, 11) is -14.4. The standard InChI is InChI=1S/C10H17N4O12P3/c11-6-1-2-14(9(16)13-6)8-10(4-12-10)7(15)5(24-8)3-23-29(21,22)26-27(17)25-28(18,19)20/h1-2,5,7-8,12,15,27H,3-4H2,(H,21,22)(H2,11,13,16)(H2,18,19,20)/t5-,7?,8-,10-/m1/s1. The van der Waals surface area contributed by atoms with Crippen LogP contribution >= 0.6 is 23.9 Å². The lowest BCUT2D eigenvalue weighted by molar-refractivity contribution is -0.0458. The Hall–Kier alpha value is -0.990. The average molecular weight is 478 g/mol. The van der Waals surface area contributed by atoms with Gasteiger partial charge in [0.1, 0.15) is 23.6 Å². The molecule has 29 heavy (non-hydrogen) atoms. The molecule has 1 spiro atoms. The van der Waals surface area contributed by atoms with E-state index in [4.69, 9.17) is 20.3 Å². The van der Waals surface area contributed by atoms with Crippen LogP contribution in [0.25, 0.3) is 0 Å². The molecule has 3 rings (SSSR count). The lowest BCUT2D eigenvalue weighted by atomic mass is 10.00. The van der Waals surface area contributed by atoms with Gasteiger partial charge in [0.15, 0.2) is 6.23 Å². The SMILES string of the molecule is Nc1ccn([C@@H]2O[C@H](COP(=O)(O)O[PH](=O)OP(=O)(O)O)C(O)[C@]23CN3)c(=O)n1. The lowest BCUT2D eigenvalue weighted by Crippen LogP contribution is -2.41. The van der Waals surface area contributed by atoms with Gasteiger partial charge in [0, 0.05) is 12.7 Å². The molecule has 1 aromatic rings. The Kier molecular flexibility index (Phi) is 6.20. The summed E-state index contributed by atoms with van der Waals surface area (Å²) in [5.74, 6) is -0.0198. The molecule has 3 unspecified atom stereocenters. The van der Waals surface area contributed by atoms with E-state index in [9.17, 15) is 28.5 Å². The average Bonchev–Trinajstić information content (AvgIpc) is 3.29. The number of nitrogen functional groups attached to an aromatic ring is 1. The van der Waals surface area contributed by atoms with Crippen molar-refractivity contribution < 1.29 is 51.4 Å². The summed E-state index contributed by atoms with van der Waals surface area (Å²) in [5, 5.41) is 13.3. The van der Waals surface area contributed by atoms with Crippen LogP contribution in [-0.4, -0.2) is 60.2 Å². The van der Waals surface area contributed by atoms with Crippen LogP contribution in [0.5, 0.6) is 0 Å². The van der Waals surface area contributed by atoms with E-state index < -0.39 is 60.2 Å². The topological polar surface area (TPSA) is 252 Å². The van der Waals surface area contributed by atoms with Crippen molar-refractivity contribution in [3.63, 3.8) is 0 Å². The molecule has 0 amide bonds. The summed E-state index contributed by atoms with van der Waals surface area (Å²) >= 11 is 0. The molecule has 2 aliphatic heterocycles. The molecule has 164 valence electrons. The first-order valence-corrected chi connectivity index (χ1v) is 12.0. The number of aliphatic hydroxyl groups excluding tert-OH is 1. The number of aliphatic hydroxyl groups is 1. The number of nitrogens with zero attached hydrogens (tertiary/aromatic N) is 2. The highest BCUT2D eigenvalue weighted by atomic mass is 31.3. The molecular weight excluding hydrogens is 461 g/mol. The number of hydrogen-bond donors (Lipinski definition) is 6. The first-order chi connectivity index (χ1) is 13.3. The highest BCUT2D eigenvalue weighted by Gasteiger charge is 2.65. The predicted molar refractivity (Wildman–Crippen MR) is 92.6 cm³/mol. The van der Waals surface area contributed by atoms with Crippen LogP contribution in [0.1, 0.15) is 6.23 Å². The van der Waals surface area contributed by atoms with E-state index in [0.29, 0.717) is 0 Å². The molecule has 19 heteroatoms. The number of phosphoric acid groups is 2. The normalized spacial score (nSPS) is 32.2. The number of phosphoric ester groups is 1. The minimum Gasteiger partial charge on any atom is -0.388 e. The van der Waals surface area contributed by atoms with Crippen LogP contribution in [-0.2, 0) is 31.6 Å². The van der Waals surface area contributed by atoms with Crippen molar-refractivity contribution >= 4 is 29.7 Å². The summed E-state index contributed by atoms with van der Waals surface area (Å²) in [5.41, 5.74) is 3.61. The molecule has 0 bridgehead atoms. The fourth-order valence-electron chi connectivity index (χ4n) is 2.78. The zero-order valence-corrected chi connectivity index (χ0v) is 17.0. The van der Waals surface area contributed by atoms with Crippen molar-refractivity contribution in [1.29, 1.82) is 0 Å². The Labute approximate surface area is 162 Å². The van der Waals surface area contributed by atoms with Gasteiger partial charge in [0.05, 0.1) is 6.61 Å². The van der Waals surface area contributed by atoms with Crippen LogP contribution in [0, 0.1) is 0 Å². The molecule has 0 saturated carbocycles. The van der Waals surface area contributed by atoms with Crippen LogP contribution in [0.2, 0.25) is 0 Å². The summed E-state index contributed by atoms with van der Waals surface area (Å²) in [6.07, 6.45) is -2.25. The van der Waals surface area contributed by atoms with E-state index in [1.54, 1.807) is 0 Å². The highest BCUT2D eigenvalue weighted by Crippen LogP contribution is 2.58. The summed E-state index contributed by atoms with van der Waals surface area (Å²) in [6, 6.07) is 1.34. The molecule has 2 saturated heterocycles. The fourth-order valence-corrected chi connectivity index (χ4v) is 5.29. The van der Waals surface area contributed by atoms with Gasteiger partial charge in [-0.3, -0.25) is 13.7 Å². The maximum absolute atomic E-state index is 12.0. The zero-order valence-electron chi connectivity index (χ0n) is 14.2. The molecule has 0 aliphatic carbocycles. The van der Waals surface area contributed by atoms with Crippen molar-refractivity contribution in [1.82, 2.24) is 14.9 Å². The first kappa shape index (κ1) is 22.7. The fraction of sp³-hybridized carbons (Fsp3) is 0.600. The number of aromatic nitrogens is 2. The number of nitrogens with one attached hydrogen (secondary N) is 1. The van der Waals surface area contributed by atoms with Gasteiger partial charge in [-0.2, -0.15) is 4.98 Å². The van der Waals surface area contributed by atoms with Crippen molar-refractivity contribution in [2.75, 3.05) is 18.9 Å².